The molecule has 3 rings (SSSR count). The molecule has 6 heteroatoms. The Hall–Kier alpha value is -2.89. The molecular weight excluding hydrogens is 352 g/mol. The molecule has 1 unspecified atom stereocenters. The summed E-state index contributed by atoms with van der Waals surface area (Å²) >= 11 is 0. The molecule has 0 spiro atoms. The summed E-state index contributed by atoms with van der Waals surface area (Å²) < 4.78 is 1.95. The third-order valence-corrected chi connectivity index (χ3v) is 5.18. The van der Waals surface area contributed by atoms with Gasteiger partial charge in [-0.15, -0.1) is 0 Å². The van der Waals surface area contributed by atoms with E-state index in [0.29, 0.717) is 6.42 Å². The largest absolute Gasteiger partial charge is 0.481 e. The number of aromatic nitrogens is 3. The average molecular weight is 380 g/mol. The lowest BCUT2D eigenvalue weighted by Gasteiger charge is -2.21. The van der Waals surface area contributed by atoms with Crippen molar-refractivity contribution in [3.05, 3.63) is 47.4 Å². The van der Waals surface area contributed by atoms with Crippen LogP contribution < -0.4 is 4.90 Å². The maximum Gasteiger partial charge on any atom is 0.311 e. The van der Waals surface area contributed by atoms with Crippen LogP contribution >= 0.6 is 0 Å². The molecule has 3 aromatic heterocycles. The number of carboxylic acid groups (broad SMARTS) is 1. The highest BCUT2D eigenvalue weighted by Gasteiger charge is 2.28. The lowest BCUT2D eigenvalue weighted by atomic mass is 9.87. The van der Waals surface area contributed by atoms with Crippen LogP contribution in [0.15, 0.2) is 30.5 Å². The highest BCUT2D eigenvalue weighted by molar-refractivity contribution is 5.89. The minimum absolute atomic E-state index is 0.577. The van der Waals surface area contributed by atoms with Crippen molar-refractivity contribution < 1.29 is 9.90 Å². The maximum atomic E-state index is 12.1. The van der Waals surface area contributed by atoms with Gasteiger partial charge in [0.2, 0.25) is 0 Å². The Labute approximate surface area is 165 Å². The van der Waals surface area contributed by atoms with Crippen LogP contribution in [0.3, 0.4) is 0 Å². The van der Waals surface area contributed by atoms with Crippen LogP contribution in [-0.2, 0) is 11.2 Å². The van der Waals surface area contributed by atoms with E-state index in [1.807, 2.05) is 55.6 Å². The molecule has 0 radical (unpaired) electrons. The van der Waals surface area contributed by atoms with Gasteiger partial charge in [-0.3, -0.25) is 4.79 Å². The van der Waals surface area contributed by atoms with Gasteiger partial charge < -0.3 is 10.0 Å². The number of fused-ring (bicyclic) bond motifs is 1. The van der Waals surface area contributed by atoms with Gasteiger partial charge in [0, 0.05) is 31.5 Å². The second kappa shape index (κ2) is 8.00. The monoisotopic (exact) mass is 380 g/mol. The number of aliphatic carboxylic acids is 1. The summed E-state index contributed by atoms with van der Waals surface area (Å²) in [6.45, 7) is 6.03. The third kappa shape index (κ3) is 3.46. The number of pyridine rings is 1. The van der Waals surface area contributed by atoms with E-state index >= 15 is 0 Å². The highest BCUT2D eigenvalue weighted by atomic mass is 16.4. The summed E-state index contributed by atoms with van der Waals surface area (Å²) in [5.41, 5.74) is 5.52. The Morgan fingerprint density at radius 2 is 2.00 bits per heavy atom. The highest BCUT2D eigenvalue weighted by Crippen LogP contribution is 2.38. The number of aryl methyl sites for hydroxylation is 2. The van der Waals surface area contributed by atoms with Crippen molar-refractivity contribution in [2.75, 3.05) is 19.0 Å². The van der Waals surface area contributed by atoms with E-state index in [4.69, 9.17) is 5.10 Å². The van der Waals surface area contributed by atoms with Crippen molar-refractivity contribution in [2.24, 2.45) is 0 Å². The molecule has 148 valence electrons. The fourth-order valence-electron chi connectivity index (χ4n) is 3.80. The van der Waals surface area contributed by atoms with Crippen molar-refractivity contribution in [1.29, 1.82) is 0 Å². The number of nitrogens with zero attached hydrogens (tertiary/aromatic N) is 4. The van der Waals surface area contributed by atoms with Gasteiger partial charge in [0.15, 0.2) is 0 Å². The van der Waals surface area contributed by atoms with Gasteiger partial charge >= 0.3 is 5.97 Å². The Bertz CT molecular complexity index is 1010. The standard InChI is InChI=1S/C22H28N4O2/c1-6-8-17(22(27)28)20-14(3)24-26-16(7-2)9-10-18(26)21(20)15-11-12-23-19(13-15)25(4)5/h9-13,17H,6-8H2,1-5H3,(H,27,28). The summed E-state index contributed by atoms with van der Waals surface area (Å²) in [6, 6.07) is 8.08. The van der Waals surface area contributed by atoms with Crippen LogP contribution in [0.25, 0.3) is 16.6 Å². The van der Waals surface area contributed by atoms with E-state index < -0.39 is 11.9 Å². The van der Waals surface area contributed by atoms with Gasteiger partial charge in [0.05, 0.1) is 17.1 Å². The first-order valence-electron chi connectivity index (χ1n) is 9.76. The molecule has 0 fully saturated rings. The van der Waals surface area contributed by atoms with Crippen molar-refractivity contribution >= 4 is 17.3 Å². The molecule has 0 saturated carbocycles. The van der Waals surface area contributed by atoms with Crippen LogP contribution in [0.4, 0.5) is 5.82 Å². The van der Waals surface area contributed by atoms with Gasteiger partial charge in [0.25, 0.3) is 0 Å². The first-order chi connectivity index (χ1) is 13.4. The van der Waals surface area contributed by atoms with E-state index in [1.165, 1.54) is 0 Å². The van der Waals surface area contributed by atoms with Crippen molar-refractivity contribution in [2.45, 2.75) is 46.0 Å². The molecule has 0 saturated heterocycles. The second-order valence-corrected chi connectivity index (χ2v) is 7.33. The minimum Gasteiger partial charge on any atom is -0.481 e. The number of carbonyl (C=O) groups is 1. The quantitative estimate of drug-likeness (QED) is 0.662. The summed E-state index contributed by atoms with van der Waals surface area (Å²) in [5.74, 6) is -0.560. The molecule has 1 N–H and O–H groups in total. The van der Waals surface area contributed by atoms with Gasteiger partial charge in [-0.25, -0.2) is 9.50 Å². The van der Waals surface area contributed by atoms with Crippen molar-refractivity contribution in [3.63, 3.8) is 0 Å². The lowest BCUT2D eigenvalue weighted by molar-refractivity contribution is -0.139. The lowest BCUT2D eigenvalue weighted by Crippen LogP contribution is -2.17. The van der Waals surface area contributed by atoms with Crippen molar-refractivity contribution in [1.82, 2.24) is 14.6 Å². The first-order valence-corrected chi connectivity index (χ1v) is 9.76. The number of hydrogen-bond acceptors (Lipinski definition) is 4. The summed E-state index contributed by atoms with van der Waals surface area (Å²) in [5, 5.41) is 14.7. The molecule has 3 heterocycles. The molecular formula is C22H28N4O2. The van der Waals surface area contributed by atoms with Crippen LogP contribution in [0.2, 0.25) is 0 Å². The van der Waals surface area contributed by atoms with E-state index in [2.05, 4.69) is 18.0 Å². The summed E-state index contributed by atoms with van der Waals surface area (Å²) in [7, 11) is 3.90. The number of hydrogen-bond donors (Lipinski definition) is 1. The normalized spacial score (nSPS) is 12.3. The molecule has 1 atom stereocenters. The predicted octanol–water partition coefficient (Wildman–Crippen LogP) is 4.30. The predicted molar refractivity (Wildman–Crippen MR) is 112 cm³/mol. The molecule has 0 bridgehead atoms. The number of anilines is 1. The molecule has 28 heavy (non-hydrogen) atoms. The number of carboxylic acids is 1. The molecule has 0 aliphatic heterocycles. The van der Waals surface area contributed by atoms with Crippen LogP contribution in [0.5, 0.6) is 0 Å². The fourth-order valence-corrected chi connectivity index (χ4v) is 3.80. The fraction of sp³-hybridized carbons (Fsp3) is 0.409. The topological polar surface area (TPSA) is 70.7 Å². The van der Waals surface area contributed by atoms with Crippen LogP contribution in [-0.4, -0.2) is 39.8 Å². The second-order valence-electron chi connectivity index (χ2n) is 7.33. The van der Waals surface area contributed by atoms with Crippen LogP contribution in [0, 0.1) is 6.92 Å². The summed E-state index contributed by atoms with van der Waals surface area (Å²) in [6.07, 6.45) is 4.01. The Morgan fingerprint density at radius 3 is 2.61 bits per heavy atom. The molecule has 6 nitrogen and oxygen atoms in total. The minimum atomic E-state index is -0.804. The van der Waals surface area contributed by atoms with Crippen molar-refractivity contribution in [3.8, 4) is 11.1 Å². The Balaban J connectivity index is 2.39. The molecule has 0 aliphatic rings. The zero-order valence-corrected chi connectivity index (χ0v) is 17.2. The van der Waals surface area contributed by atoms with Gasteiger partial charge in [-0.2, -0.15) is 5.10 Å². The number of rotatable bonds is 7. The third-order valence-electron chi connectivity index (χ3n) is 5.18. The Morgan fingerprint density at radius 1 is 1.25 bits per heavy atom. The first kappa shape index (κ1) is 19.9. The molecule has 0 aliphatic carbocycles. The molecule has 3 aromatic rings. The molecule has 0 amide bonds. The van der Waals surface area contributed by atoms with E-state index in [9.17, 15) is 9.90 Å². The molecule has 0 aromatic carbocycles. The van der Waals surface area contributed by atoms with Gasteiger partial charge in [-0.05, 0) is 55.2 Å². The van der Waals surface area contributed by atoms with E-state index in [0.717, 1.165) is 52.3 Å². The smallest absolute Gasteiger partial charge is 0.311 e. The summed E-state index contributed by atoms with van der Waals surface area (Å²) in [4.78, 5) is 18.5. The zero-order chi connectivity index (χ0) is 20.4. The van der Waals surface area contributed by atoms with E-state index in [-0.39, 0.29) is 0 Å². The Kier molecular flexibility index (Phi) is 5.68. The average Bonchev–Trinajstić information content (AvgIpc) is 3.07. The van der Waals surface area contributed by atoms with Gasteiger partial charge in [0.1, 0.15) is 5.82 Å². The van der Waals surface area contributed by atoms with E-state index in [1.54, 1.807) is 6.20 Å². The zero-order valence-electron chi connectivity index (χ0n) is 17.2. The van der Waals surface area contributed by atoms with Crippen LogP contribution in [0.1, 0.15) is 49.6 Å². The maximum absolute atomic E-state index is 12.1. The van der Waals surface area contributed by atoms with Gasteiger partial charge in [-0.1, -0.05) is 20.3 Å². The SMILES string of the molecule is CCCC(C(=O)O)c1c(C)nn2c(CC)ccc2c1-c1ccnc(N(C)C)c1.